The lowest BCUT2D eigenvalue weighted by Gasteiger charge is -2.40. The van der Waals surface area contributed by atoms with Crippen LogP contribution in [0, 0.1) is 35.5 Å². The second-order valence-electron chi connectivity index (χ2n) is 14.1. The summed E-state index contributed by atoms with van der Waals surface area (Å²) in [6.07, 6.45) is 27.9. The summed E-state index contributed by atoms with van der Waals surface area (Å²) in [4.78, 5) is 0. The van der Waals surface area contributed by atoms with Gasteiger partial charge < -0.3 is 0 Å². The summed E-state index contributed by atoms with van der Waals surface area (Å²) in [6.45, 7) is 9.83. The van der Waals surface area contributed by atoms with Gasteiger partial charge in [0.2, 0.25) is 0 Å². The van der Waals surface area contributed by atoms with Gasteiger partial charge >= 0.3 is 0 Å². The molecule has 1 aromatic rings. The van der Waals surface area contributed by atoms with Gasteiger partial charge in [0.05, 0.1) is 0 Å². The van der Waals surface area contributed by atoms with E-state index in [9.17, 15) is 0 Å². The van der Waals surface area contributed by atoms with Gasteiger partial charge in [0.1, 0.15) is 0 Å². The molecule has 0 spiro atoms. The summed E-state index contributed by atoms with van der Waals surface area (Å²) in [6, 6.07) is 10.0. The van der Waals surface area contributed by atoms with Gasteiger partial charge in [-0.15, -0.1) is 0 Å². The van der Waals surface area contributed by atoms with Crippen molar-refractivity contribution in [3.05, 3.63) is 35.4 Å². The highest BCUT2D eigenvalue weighted by Gasteiger charge is 2.33. The average molecular weight is 507 g/mol. The van der Waals surface area contributed by atoms with Crippen molar-refractivity contribution < 1.29 is 0 Å². The van der Waals surface area contributed by atoms with E-state index in [-0.39, 0.29) is 0 Å². The van der Waals surface area contributed by atoms with Gasteiger partial charge in [-0.2, -0.15) is 0 Å². The Labute approximate surface area is 232 Å². The molecule has 0 heterocycles. The zero-order valence-electron chi connectivity index (χ0n) is 25.4. The fourth-order valence-electron chi connectivity index (χ4n) is 8.86. The van der Waals surface area contributed by atoms with Crippen LogP contribution < -0.4 is 0 Å². The average Bonchev–Trinajstić information content (AvgIpc) is 2.96. The molecule has 3 aliphatic rings. The summed E-state index contributed by atoms with van der Waals surface area (Å²) in [5.41, 5.74) is 3.24. The molecule has 2 atom stereocenters. The molecule has 0 nitrogen and oxygen atoms in total. The predicted molar refractivity (Wildman–Crippen MR) is 163 cm³/mol. The van der Waals surface area contributed by atoms with Crippen molar-refractivity contribution in [2.45, 2.75) is 162 Å². The lowest BCUT2D eigenvalue weighted by Crippen LogP contribution is -2.29. The van der Waals surface area contributed by atoms with Crippen LogP contribution >= 0.6 is 0 Å². The van der Waals surface area contributed by atoms with Gasteiger partial charge in [0, 0.05) is 0 Å². The highest BCUT2D eigenvalue weighted by Crippen LogP contribution is 2.46. The monoisotopic (exact) mass is 506 g/mol. The molecule has 3 saturated carbocycles. The second-order valence-corrected chi connectivity index (χ2v) is 14.1. The molecule has 0 saturated heterocycles. The molecule has 0 aromatic heterocycles. The van der Waals surface area contributed by atoms with Gasteiger partial charge in [0.15, 0.2) is 0 Å². The molecule has 0 amide bonds. The van der Waals surface area contributed by atoms with E-state index in [1.807, 2.05) is 0 Å². The lowest BCUT2D eigenvalue weighted by atomic mass is 9.65. The number of benzene rings is 1. The highest BCUT2D eigenvalue weighted by atomic mass is 14.4. The van der Waals surface area contributed by atoms with Crippen LogP contribution in [0.1, 0.15) is 173 Å². The molecule has 0 heteroatoms. The van der Waals surface area contributed by atoms with E-state index in [0.717, 1.165) is 47.3 Å². The van der Waals surface area contributed by atoms with E-state index < -0.39 is 0 Å². The molecule has 210 valence electrons. The summed E-state index contributed by atoms with van der Waals surface area (Å²) in [5.74, 6) is 7.51. The van der Waals surface area contributed by atoms with Gasteiger partial charge in [-0.1, -0.05) is 110 Å². The molecule has 2 unspecified atom stereocenters. The van der Waals surface area contributed by atoms with Crippen LogP contribution in [0.2, 0.25) is 0 Å². The normalized spacial score (nSPS) is 32.6. The first-order valence-electron chi connectivity index (χ1n) is 17.2. The Bertz CT molecular complexity index is 722. The van der Waals surface area contributed by atoms with Crippen molar-refractivity contribution >= 4 is 0 Å². The highest BCUT2D eigenvalue weighted by molar-refractivity contribution is 5.28. The molecule has 0 aliphatic heterocycles. The number of rotatable bonds is 12. The molecule has 0 N–H and O–H groups in total. The zero-order valence-corrected chi connectivity index (χ0v) is 25.4. The molecule has 0 radical (unpaired) electrons. The van der Waals surface area contributed by atoms with E-state index >= 15 is 0 Å². The summed E-state index contributed by atoms with van der Waals surface area (Å²) in [5, 5.41) is 0. The first-order chi connectivity index (χ1) is 18.1. The van der Waals surface area contributed by atoms with E-state index in [2.05, 4.69) is 52.0 Å². The van der Waals surface area contributed by atoms with Crippen molar-refractivity contribution in [3.8, 4) is 0 Å². The Morgan fingerprint density at radius 3 is 1.62 bits per heavy atom. The van der Waals surface area contributed by atoms with Crippen LogP contribution in [0.4, 0.5) is 0 Å². The summed E-state index contributed by atoms with van der Waals surface area (Å²) in [7, 11) is 0. The van der Waals surface area contributed by atoms with Gasteiger partial charge in [0.25, 0.3) is 0 Å². The Morgan fingerprint density at radius 1 is 0.568 bits per heavy atom. The second kappa shape index (κ2) is 15.1. The first-order valence-corrected chi connectivity index (χ1v) is 17.2. The third-order valence-electron chi connectivity index (χ3n) is 11.9. The zero-order chi connectivity index (χ0) is 26.0. The minimum Gasteiger partial charge on any atom is -0.0654 e. The third kappa shape index (κ3) is 8.35. The smallest absolute Gasteiger partial charge is 0.0162 e. The predicted octanol–water partition coefficient (Wildman–Crippen LogP) is 12.1. The van der Waals surface area contributed by atoms with Crippen molar-refractivity contribution in [2.24, 2.45) is 35.5 Å². The van der Waals surface area contributed by atoms with Crippen LogP contribution in [0.3, 0.4) is 0 Å². The maximum Gasteiger partial charge on any atom is -0.0162 e. The Morgan fingerprint density at radius 2 is 1.05 bits per heavy atom. The Balaban J connectivity index is 1.18. The maximum absolute atomic E-state index is 2.63. The van der Waals surface area contributed by atoms with Crippen LogP contribution in [-0.2, 0) is 0 Å². The van der Waals surface area contributed by atoms with Crippen molar-refractivity contribution in [1.29, 1.82) is 0 Å². The largest absolute Gasteiger partial charge is 0.0654 e. The van der Waals surface area contributed by atoms with Gasteiger partial charge in [-0.05, 0) is 123 Å². The molecular formula is C37H62. The third-order valence-corrected chi connectivity index (χ3v) is 11.9. The van der Waals surface area contributed by atoms with E-state index in [1.165, 1.54) is 122 Å². The van der Waals surface area contributed by atoms with E-state index in [0.29, 0.717) is 0 Å². The number of hydrogen-bond acceptors (Lipinski definition) is 0. The standard InChI is InChI=1S/C37H62/c1-5-7-9-11-31-12-16-32(17-13-31)28(3)33-20-22-34(23-21-33)29(4)35-24-26-37(27-25-35)36-18-14-30(15-19-36)10-8-6-2/h24-34,36H,5-23H2,1-4H3/t28?,29?,30-,31?,32?,33?,34?,36-. The van der Waals surface area contributed by atoms with Crippen LogP contribution in [-0.4, -0.2) is 0 Å². The van der Waals surface area contributed by atoms with Crippen molar-refractivity contribution in [1.82, 2.24) is 0 Å². The van der Waals surface area contributed by atoms with Crippen molar-refractivity contribution in [2.75, 3.05) is 0 Å². The van der Waals surface area contributed by atoms with Crippen LogP contribution in [0.25, 0.3) is 0 Å². The Hall–Kier alpha value is -0.780. The van der Waals surface area contributed by atoms with Gasteiger partial charge in [-0.3, -0.25) is 0 Å². The summed E-state index contributed by atoms with van der Waals surface area (Å²) < 4.78 is 0. The fraction of sp³-hybridized carbons (Fsp3) is 0.838. The first kappa shape index (κ1) is 29.2. The molecule has 4 rings (SSSR count). The van der Waals surface area contributed by atoms with E-state index in [4.69, 9.17) is 0 Å². The molecule has 37 heavy (non-hydrogen) atoms. The number of hydrogen-bond donors (Lipinski definition) is 0. The van der Waals surface area contributed by atoms with Crippen molar-refractivity contribution in [3.63, 3.8) is 0 Å². The van der Waals surface area contributed by atoms with Crippen LogP contribution in [0.15, 0.2) is 24.3 Å². The van der Waals surface area contributed by atoms with E-state index in [1.54, 1.807) is 11.1 Å². The lowest BCUT2D eigenvalue weighted by molar-refractivity contribution is 0.118. The molecular weight excluding hydrogens is 444 g/mol. The summed E-state index contributed by atoms with van der Waals surface area (Å²) >= 11 is 0. The molecule has 1 aromatic carbocycles. The molecule has 3 fully saturated rings. The van der Waals surface area contributed by atoms with Gasteiger partial charge in [-0.25, -0.2) is 0 Å². The molecule has 0 bridgehead atoms. The fourth-order valence-corrected chi connectivity index (χ4v) is 8.86. The quantitative estimate of drug-likeness (QED) is 0.247. The topological polar surface area (TPSA) is 0 Å². The SMILES string of the molecule is CCCCCC1CCC(C(C)C2CCC(C(C)c3ccc([C@H]4CC[C@H](CCCC)CC4)cc3)CC2)CC1. The maximum atomic E-state index is 2.63. The molecule has 3 aliphatic carbocycles. The minimum atomic E-state index is 0.730. The van der Waals surface area contributed by atoms with Crippen LogP contribution in [0.5, 0.6) is 0 Å². The Kier molecular flexibility index (Phi) is 11.9. The number of unbranched alkanes of at least 4 members (excludes halogenated alkanes) is 3. The minimum absolute atomic E-state index is 0.730.